The van der Waals surface area contributed by atoms with Crippen molar-refractivity contribution in [1.29, 1.82) is 0 Å². The minimum Gasteiger partial charge on any atom is -0.453 e. The highest BCUT2D eigenvalue weighted by atomic mass is 16.5. The summed E-state index contributed by atoms with van der Waals surface area (Å²) in [6.45, 7) is 3.86. The van der Waals surface area contributed by atoms with Crippen molar-refractivity contribution >= 4 is 5.97 Å². The zero-order chi connectivity index (χ0) is 13.7. The number of allylic oxidation sites excluding steroid dienone is 2. The van der Waals surface area contributed by atoms with Gasteiger partial charge in [0.1, 0.15) is 6.10 Å². The molecule has 1 unspecified atom stereocenters. The molecule has 0 saturated carbocycles. The van der Waals surface area contributed by atoms with Crippen LogP contribution in [0.1, 0.15) is 42.9 Å². The fourth-order valence-electron chi connectivity index (χ4n) is 1.87. The van der Waals surface area contributed by atoms with Crippen molar-refractivity contribution in [1.82, 2.24) is 9.97 Å². The van der Waals surface area contributed by atoms with Gasteiger partial charge in [-0.15, -0.1) is 0 Å². The molecule has 0 aromatic carbocycles. The molecule has 0 N–H and O–H groups in total. The summed E-state index contributed by atoms with van der Waals surface area (Å²) in [5.74, 6) is -0.428. The molecule has 0 fully saturated rings. The van der Waals surface area contributed by atoms with E-state index in [0.29, 0.717) is 0 Å². The summed E-state index contributed by atoms with van der Waals surface area (Å²) in [5.41, 5.74) is 2.16. The van der Waals surface area contributed by atoms with E-state index >= 15 is 0 Å². The van der Waals surface area contributed by atoms with E-state index in [1.165, 1.54) is 6.20 Å². The predicted octanol–water partition coefficient (Wildman–Crippen LogP) is 2.86. The Morgan fingerprint density at radius 3 is 2.79 bits per heavy atom. The molecule has 4 nitrogen and oxygen atoms in total. The lowest BCUT2D eigenvalue weighted by Crippen LogP contribution is -2.18. The third-order valence-corrected chi connectivity index (χ3v) is 3.05. The lowest BCUT2D eigenvalue weighted by molar-refractivity contribution is 0.0403. The van der Waals surface area contributed by atoms with E-state index in [1.54, 1.807) is 6.20 Å². The minimum atomic E-state index is -0.428. The Bertz CT molecular complexity index is 503. The van der Waals surface area contributed by atoms with Crippen molar-refractivity contribution in [3.05, 3.63) is 47.6 Å². The molecule has 4 heteroatoms. The van der Waals surface area contributed by atoms with Crippen LogP contribution in [0, 0.1) is 0 Å². The smallest absolute Gasteiger partial charge is 0.359 e. The second kappa shape index (κ2) is 6.27. The monoisotopic (exact) mass is 258 g/mol. The van der Waals surface area contributed by atoms with Crippen LogP contribution in [0.2, 0.25) is 0 Å². The Morgan fingerprint density at radius 2 is 2.21 bits per heavy atom. The van der Waals surface area contributed by atoms with Crippen LogP contribution >= 0.6 is 0 Å². The van der Waals surface area contributed by atoms with Crippen molar-refractivity contribution in [3.8, 4) is 0 Å². The Hall–Kier alpha value is -1.97. The largest absolute Gasteiger partial charge is 0.453 e. The van der Waals surface area contributed by atoms with Gasteiger partial charge in [-0.25, -0.2) is 9.78 Å². The van der Waals surface area contributed by atoms with E-state index in [0.717, 1.165) is 30.5 Å². The van der Waals surface area contributed by atoms with Gasteiger partial charge in [0.05, 0.1) is 11.9 Å². The van der Waals surface area contributed by atoms with Gasteiger partial charge < -0.3 is 4.74 Å². The van der Waals surface area contributed by atoms with Crippen LogP contribution in [0.15, 0.2) is 36.2 Å². The lowest BCUT2D eigenvalue weighted by atomic mass is 10.0. The highest BCUT2D eigenvalue weighted by Crippen LogP contribution is 2.16. The van der Waals surface area contributed by atoms with Gasteiger partial charge in [0, 0.05) is 6.20 Å². The number of hydrogen-bond acceptors (Lipinski definition) is 4. The Balaban J connectivity index is 1.99. The van der Waals surface area contributed by atoms with Crippen LogP contribution in [-0.4, -0.2) is 22.0 Å². The number of aromatic nitrogens is 2. The first kappa shape index (κ1) is 13.5. The number of nitrogens with zero attached hydrogens (tertiary/aromatic N) is 2. The first-order valence-electron chi connectivity index (χ1n) is 6.59. The van der Waals surface area contributed by atoms with Gasteiger partial charge in [-0.05, 0) is 31.8 Å². The molecule has 1 aromatic rings. The van der Waals surface area contributed by atoms with E-state index in [-0.39, 0.29) is 11.8 Å². The van der Waals surface area contributed by atoms with Crippen molar-refractivity contribution in [2.24, 2.45) is 0 Å². The van der Waals surface area contributed by atoms with Crippen molar-refractivity contribution in [2.75, 3.05) is 0 Å². The molecule has 0 bridgehead atoms. The summed E-state index contributed by atoms with van der Waals surface area (Å²) in [4.78, 5) is 20.1. The van der Waals surface area contributed by atoms with Gasteiger partial charge in [0.25, 0.3) is 0 Å². The van der Waals surface area contributed by atoms with Crippen LogP contribution in [0.25, 0.3) is 0 Å². The third kappa shape index (κ3) is 3.50. The number of carbonyl (C=O) groups is 1. The fourth-order valence-corrected chi connectivity index (χ4v) is 1.87. The van der Waals surface area contributed by atoms with Crippen LogP contribution in [0.4, 0.5) is 0 Å². The Labute approximate surface area is 113 Å². The number of hydrogen-bond donors (Lipinski definition) is 0. The van der Waals surface area contributed by atoms with Crippen molar-refractivity contribution < 1.29 is 9.53 Å². The molecule has 0 saturated heterocycles. The molecule has 1 heterocycles. The van der Waals surface area contributed by atoms with Gasteiger partial charge in [0.2, 0.25) is 0 Å². The maximum atomic E-state index is 11.9. The summed E-state index contributed by atoms with van der Waals surface area (Å²) in [6.07, 6.45) is 11.9. The highest BCUT2D eigenvalue weighted by Gasteiger charge is 2.16. The van der Waals surface area contributed by atoms with Crippen molar-refractivity contribution in [3.63, 3.8) is 0 Å². The first-order valence-corrected chi connectivity index (χ1v) is 6.59. The molecule has 100 valence electrons. The quantitative estimate of drug-likeness (QED) is 0.779. The van der Waals surface area contributed by atoms with Crippen LogP contribution in [-0.2, 0) is 11.2 Å². The zero-order valence-electron chi connectivity index (χ0n) is 11.3. The van der Waals surface area contributed by atoms with E-state index in [4.69, 9.17) is 4.74 Å². The number of aryl methyl sites for hydroxylation is 1. The molecule has 0 radical (unpaired) electrons. The normalized spacial score (nSPS) is 15.8. The SMILES string of the molecule is CCc1cnc(C(=O)OC(C)C2=CCCC=C2)cn1. The predicted molar refractivity (Wildman–Crippen MR) is 72.7 cm³/mol. The van der Waals surface area contributed by atoms with E-state index < -0.39 is 5.97 Å². The molecule has 0 amide bonds. The third-order valence-electron chi connectivity index (χ3n) is 3.05. The molecule has 1 aromatic heterocycles. The van der Waals surface area contributed by atoms with Gasteiger partial charge in [-0.3, -0.25) is 4.98 Å². The lowest BCUT2D eigenvalue weighted by Gasteiger charge is -2.16. The van der Waals surface area contributed by atoms with Crippen LogP contribution in [0.5, 0.6) is 0 Å². The van der Waals surface area contributed by atoms with Gasteiger partial charge in [-0.2, -0.15) is 0 Å². The summed E-state index contributed by atoms with van der Waals surface area (Å²) < 4.78 is 5.39. The molecule has 19 heavy (non-hydrogen) atoms. The fraction of sp³-hybridized carbons (Fsp3) is 0.400. The van der Waals surface area contributed by atoms with Gasteiger partial charge in [-0.1, -0.05) is 25.2 Å². The maximum Gasteiger partial charge on any atom is 0.359 e. The number of ether oxygens (including phenoxy) is 1. The highest BCUT2D eigenvalue weighted by molar-refractivity contribution is 5.87. The topological polar surface area (TPSA) is 52.1 Å². The van der Waals surface area contributed by atoms with Crippen molar-refractivity contribution in [2.45, 2.75) is 39.2 Å². The number of esters is 1. The van der Waals surface area contributed by atoms with E-state index in [1.807, 2.05) is 19.9 Å². The summed E-state index contributed by atoms with van der Waals surface area (Å²) in [5, 5.41) is 0. The van der Waals surface area contributed by atoms with E-state index in [2.05, 4.69) is 22.1 Å². The standard InChI is InChI=1S/C15H18N2O2/c1-3-13-9-17-14(10-16-13)15(18)19-11(2)12-7-5-4-6-8-12/h5,7-11H,3-4,6H2,1-2H3. The van der Waals surface area contributed by atoms with E-state index in [9.17, 15) is 4.79 Å². The summed E-state index contributed by atoms with van der Waals surface area (Å²) >= 11 is 0. The molecular formula is C15H18N2O2. The van der Waals surface area contributed by atoms with Crippen LogP contribution in [0.3, 0.4) is 0 Å². The Kier molecular flexibility index (Phi) is 4.44. The first-order chi connectivity index (χ1) is 9.20. The second-order valence-electron chi connectivity index (χ2n) is 4.48. The molecule has 1 atom stereocenters. The average Bonchev–Trinajstić information content (AvgIpc) is 2.48. The number of rotatable bonds is 4. The Morgan fingerprint density at radius 1 is 1.37 bits per heavy atom. The summed E-state index contributed by atoms with van der Waals surface area (Å²) in [6, 6.07) is 0. The number of carbonyl (C=O) groups excluding carboxylic acids is 1. The second-order valence-corrected chi connectivity index (χ2v) is 4.48. The van der Waals surface area contributed by atoms with Gasteiger partial charge >= 0.3 is 5.97 Å². The summed E-state index contributed by atoms with van der Waals surface area (Å²) in [7, 11) is 0. The molecule has 2 rings (SSSR count). The molecule has 0 aliphatic heterocycles. The van der Waals surface area contributed by atoms with Crippen LogP contribution < -0.4 is 0 Å². The molecule has 1 aliphatic carbocycles. The minimum absolute atomic E-state index is 0.253. The molecular weight excluding hydrogens is 240 g/mol. The van der Waals surface area contributed by atoms with Gasteiger partial charge in [0.15, 0.2) is 5.69 Å². The maximum absolute atomic E-state index is 11.9. The molecule has 0 spiro atoms. The zero-order valence-corrected chi connectivity index (χ0v) is 11.3. The average molecular weight is 258 g/mol. The molecule has 1 aliphatic rings.